The molecule has 0 spiro atoms. The van der Waals surface area contributed by atoms with Crippen LogP contribution in [0.1, 0.15) is 13.3 Å². The van der Waals surface area contributed by atoms with Crippen molar-refractivity contribution in [1.82, 2.24) is 5.32 Å². The van der Waals surface area contributed by atoms with Gasteiger partial charge in [0.25, 0.3) is 0 Å². The molecule has 1 aromatic carbocycles. The normalized spacial score (nSPS) is 19.1. The minimum Gasteiger partial charge on any atom is -0.481 e. The number of amides is 2. The van der Waals surface area contributed by atoms with Gasteiger partial charge in [0.15, 0.2) is 0 Å². The van der Waals surface area contributed by atoms with E-state index in [0.717, 1.165) is 0 Å². The number of para-hydroxylation sites is 1. The molecule has 0 unspecified atom stereocenters. The van der Waals surface area contributed by atoms with E-state index in [0.29, 0.717) is 10.7 Å². The van der Waals surface area contributed by atoms with E-state index in [1.54, 1.807) is 24.3 Å². The summed E-state index contributed by atoms with van der Waals surface area (Å²) in [5, 5.41) is 11.8. The van der Waals surface area contributed by atoms with Crippen LogP contribution in [0.2, 0.25) is 5.02 Å². The van der Waals surface area contributed by atoms with Crippen molar-refractivity contribution in [3.8, 4) is 0 Å². The van der Waals surface area contributed by atoms with Gasteiger partial charge in [0.1, 0.15) is 0 Å². The Morgan fingerprint density at radius 1 is 1.45 bits per heavy atom. The molecule has 0 radical (unpaired) electrons. The molecule has 22 heavy (non-hydrogen) atoms. The molecule has 0 aliphatic carbocycles. The number of hydrogen-bond acceptors (Lipinski definition) is 3. The van der Waals surface area contributed by atoms with E-state index in [9.17, 15) is 14.4 Å². The lowest BCUT2D eigenvalue weighted by atomic mass is 10.1. The van der Waals surface area contributed by atoms with Crippen LogP contribution >= 0.6 is 11.6 Å². The van der Waals surface area contributed by atoms with Gasteiger partial charge in [-0.15, -0.1) is 0 Å². The van der Waals surface area contributed by atoms with E-state index in [1.807, 2.05) is 0 Å². The molecule has 1 aliphatic rings. The van der Waals surface area contributed by atoms with Gasteiger partial charge in [-0.25, -0.2) is 0 Å². The second-order valence-electron chi connectivity index (χ2n) is 5.34. The van der Waals surface area contributed by atoms with Crippen LogP contribution < -0.4 is 10.2 Å². The lowest BCUT2D eigenvalue weighted by molar-refractivity contribution is -0.141. The average Bonchev–Trinajstić information content (AvgIpc) is 2.86. The van der Waals surface area contributed by atoms with Gasteiger partial charge >= 0.3 is 5.97 Å². The van der Waals surface area contributed by atoms with E-state index in [2.05, 4.69) is 5.32 Å². The molecule has 0 aromatic heterocycles. The average molecular weight is 325 g/mol. The highest BCUT2D eigenvalue weighted by Crippen LogP contribution is 2.30. The van der Waals surface area contributed by atoms with Crippen molar-refractivity contribution in [3.05, 3.63) is 29.3 Å². The molecular formula is C15H17ClN2O4. The second kappa shape index (κ2) is 6.79. The number of anilines is 1. The lowest BCUT2D eigenvalue weighted by Crippen LogP contribution is -2.37. The summed E-state index contributed by atoms with van der Waals surface area (Å²) in [5.41, 5.74) is 0.586. The predicted octanol–water partition coefficient (Wildman–Crippen LogP) is 1.53. The minimum absolute atomic E-state index is 0.0466. The molecule has 0 saturated carbocycles. The number of carboxylic acid groups (broad SMARTS) is 1. The first-order valence-corrected chi connectivity index (χ1v) is 7.33. The summed E-state index contributed by atoms with van der Waals surface area (Å²) in [6.07, 6.45) is 0.0957. The van der Waals surface area contributed by atoms with Crippen LogP contribution in [-0.4, -0.2) is 36.0 Å². The van der Waals surface area contributed by atoms with E-state index in [4.69, 9.17) is 16.7 Å². The van der Waals surface area contributed by atoms with Crippen molar-refractivity contribution < 1.29 is 19.5 Å². The second-order valence-corrected chi connectivity index (χ2v) is 5.75. The molecule has 118 valence electrons. The third kappa shape index (κ3) is 3.57. The third-order valence-electron chi connectivity index (χ3n) is 3.64. The van der Waals surface area contributed by atoms with Gasteiger partial charge in [-0.2, -0.15) is 0 Å². The quantitative estimate of drug-likeness (QED) is 0.860. The van der Waals surface area contributed by atoms with Gasteiger partial charge < -0.3 is 15.3 Å². The monoisotopic (exact) mass is 324 g/mol. The fourth-order valence-electron chi connectivity index (χ4n) is 2.27. The molecule has 6 nitrogen and oxygen atoms in total. The maximum Gasteiger partial charge on any atom is 0.308 e. The van der Waals surface area contributed by atoms with Gasteiger partial charge in [0, 0.05) is 19.5 Å². The number of carbonyl (C=O) groups excluding carboxylic acids is 2. The fraction of sp³-hybridized carbons (Fsp3) is 0.400. The number of rotatable bonds is 5. The molecule has 1 aromatic rings. The van der Waals surface area contributed by atoms with Crippen LogP contribution in [0.15, 0.2) is 24.3 Å². The Morgan fingerprint density at radius 3 is 2.77 bits per heavy atom. The Kier molecular flexibility index (Phi) is 5.03. The largest absolute Gasteiger partial charge is 0.481 e. The molecule has 2 rings (SSSR count). The highest BCUT2D eigenvalue weighted by atomic mass is 35.5. The van der Waals surface area contributed by atoms with Crippen LogP contribution in [0.25, 0.3) is 0 Å². The number of nitrogens with one attached hydrogen (secondary N) is 1. The van der Waals surface area contributed by atoms with E-state index < -0.39 is 17.8 Å². The summed E-state index contributed by atoms with van der Waals surface area (Å²) >= 11 is 6.07. The first kappa shape index (κ1) is 16.3. The highest BCUT2D eigenvalue weighted by molar-refractivity contribution is 6.33. The first-order valence-electron chi connectivity index (χ1n) is 6.95. The maximum absolute atomic E-state index is 12.1. The predicted molar refractivity (Wildman–Crippen MR) is 81.7 cm³/mol. The molecule has 2 N–H and O–H groups in total. The van der Waals surface area contributed by atoms with E-state index in [1.165, 1.54) is 11.8 Å². The number of carboxylic acids is 1. The molecular weight excluding hydrogens is 308 g/mol. The Bertz CT molecular complexity index is 605. The molecule has 7 heteroatoms. The Hall–Kier alpha value is -2.08. The third-order valence-corrected chi connectivity index (χ3v) is 3.96. The number of nitrogens with zero attached hydrogens (tertiary/aromatic N) is 1. The Labute approximate surface area is 133 Å². The molecule has 1 fully saturated rings. The Balaban J connectivity index is 1.99. The van der Waals surface area contributed by atoms with Crippen LogP contribution in [0.5, 0.6) is 0 Å². The highest BCUT2D eigenvalue weighted by Gasteiger charge is 2.35. The summed E-state index contributed by atoms with van der Waals surface area (Å²) < 4.78 is 0. The van der Waals surface area contributed by atoms with Gasteiger partial charge in [-0.05, 0) is 12.1 Å². The van der Waals surface area contributed by atoms with Crippen LogP contribution in [0.3, 0.4) is 0 Å². The number of halogens is 1. The molecule has 2 atom stereocenters. The number of aliphatic carboxylic acids is 1. The molecule has 1 heterocycles. The zero-order chi connectivity index (χ0) is 16.3. The van der Waals surface area contributed by atoms with Crippen molar-refractivity contribution in [2.75, 3.05) is 18.0 Å². The molecule has 1 saturated heterocycles. The number of carbonyl (C=O) groups is 3. The number of benzene rings is 1. The van der Waals surface area contributed by atoms with Crippen molar-refractivity contribution >= 4 is 35.1 Å². The fourth-order valence-corrected chi connectivity index (χ4v) is 2.51. The zero-order valence-electron chi connectivity index (χ0n) is 12.1. The SMILES string of the molecule is C[C@H](CNC(=O)[C@H]1CC(=O)N(c2ccccc2Cl)C1)C(=O)O. The summed E-state index contributed by atoms with van der Waals surface area (Å²) in [6, 6.07) is 6.96. The maximum atomic E-state index is 12.1. The van der Waals surface area contributed by atoms with Crippen molar-refractivity contribution in [1.29, 1.82) is 0 Å². The number of hydrogen-bond donors (Lipinski definition) is 2. The Morgan fingerprint density at radius 2 is 2.14 bits per heavy atom. The minimum atomic E-state index is -0.972. The lowest BCUT2D eigenvalue weighted by Gasteiger charge is -2.18. The summed E-state index contributed by atoms with van der Waals surface area (Å²) in [6.45, 7) is 1.80. The molecule has 1 aliphatic heterocycles. The van der Waals surface area contributed by atoms with Gasteiger partial charge in [-0.1, -0.05) is 30.7 Å². The van der Waals surface area contributed by atoms with Crippen LogP contribution in [0, 0.1) is 11.8 Å². The van der Waals surface area contributed by atoms with E-state index in [-0.39, 0.29) is 31.3 Å². The van der Waals surface area contributed by atoms with Gasteiger partial charge in [0.05, 0.1) is 22.5 Å². The van der Waals surface area contributed by atoms with E-state index >= 15 is 0 Å². The molecule has 0 bridgehead atoms. The van der Waals surface area contributed by atoms with Crippen molar-refractivity contribution in [2.45, 2.75) is 13.3 Å². The smallest absolute Gasteiger partial charge is 0.308 e. The first-order chi connectivity index (χ1) is 10.4. The van der Waals surface area contributed by atoms with Crippen LogP contribution in [-0.2, 0) is 14.4 Å². The standard InChI is InChI=1S/C15H17ClN2O4/c1-9(15(21)22)7-17-14(20)10-6-13(19)18(8-10)12-5-3-2-4-11(12)16/h2-5,9-10H,6-8H2,1H3,(H,17,20)(H,21,22)/t9-,10+/m1/s1. The summed E-state index contributed by atoms with van der Waals surface area (Å²) in [5.74, 6) is -2.61. The topological polar surface area (TPSA) is 86.7 Å². The summed E-state index contributed by atoms with van der Waals surface area (Å²) in [7, 11) is 0. The van der Waals surface area contributed by atoms with Crippen molar-refractivity contribution in [2.24, 2.45) is 11.8 Å². The van der Waals surface area contributed by atoms with Gasteiger partial charge in [-0.3, -0.25) is 14.4 Å². The van der Waals surface area contributed by atoms with Crippen LogP contribution in [0.4, 0.5) is 5.69 Å². The summed E-state index contributed by atoms with van der Waals surface area (Å²) in [4.78, 5) is 36.4. The zero-order valence-corrected chi connectivity index (χ0v) is 12.8. The molecule has 2 amide bonds. The van der Waals surface area contributed by atoms with Gasteiger partial charge in [0.2, 0.25) is 11.8 Å². The van der Waals surface area contributed by atoms with Crippen molar-refractivity contribution in [3.63, 3.8) is 0 Å².